The van der Waals surface area contributed by atoms with Crippen LogP contribution in [0.2, 0.25) is 0 Å². The monoisotopic (exact) mass is 220 g/mol. The van der Waals surface area contributed by atoms with E-state index in [0.29, 0.717) is 0 Å². The van der Waals surface area contributed by atoms with Crippen LogP contribution in [0.25, 0.3) is 0 Å². The molecule has 0 saturated heterocycles. The van der Waals surface area contributed by atoms with Crippen LogP contribution in [-0.4, -0.2) is 16.9 Å². The van der Waals surface area contributed by atoms with Crippen LogP contribution >= 0.6 is 23.4 Å². The summed E-state index contributed by atoms with van der Waals surface area (Å²) in [7, 11) is 0. The second-order valence-electron chi connectivity index (χ2n) is 4.16. The van der Waals surface area contributed by atoms with E-state index in [0.717, 1.165) is 17.0 Å². The molecule has 1 aliphatic carbocycles. The van der Waals surface area contributed by atoms with E-state index >= 15 is 0 Å². The highest BCUT2D eigenvalue weighted by molar-refractivity contribution is 7.99. The first-order chi connectivity index (χ1) is 6.33. The zero-order valence-corrected chi connectivity index (χ0v) is 10.2. The van der Waals surface area contributed by atoms with E-state index in [1.165, 1.54) is 44.3 Å². The molecular weight excluding hydrogens is 200 g/mol. The van der Waals surface area contributed by atoms with E-state index in [1.54, 1.807) is 0 Å². The summed E-state index contributed by atoms with van der Waals surface area (Å²) in [4.78, 5) is 0. The van der Waals surface area contributed by atoms with Crippen molar-refractivity contribution < 1.29 is 0 Å². The largest absolute Gasteiger partial charge is 0.159 e. The average molecular weight is 221 g/mol. The number of rotatable bonds is 5. The van der Waals surface area contributed by atoms with Crippen LogP contribution in [0, 0.1) is 5.92 Å². The van der Waals surface area contributed by atoms with E-state index in [9.17, 15) is 0 Å². The van der Waals surface area contributed by atoms with Crippen LogP contribution in [0.1, 0.15) is 45.4 Å². The Morgan fingerprint density at radius 2 is 2.15 bits per heavy atom. The molecule has 0 N–H and O–H groups in total. The Balaban J connectivity index is 2.00. The van der Waals surface area contributed by atoms with Crippen molar-refractivity contribution in [2.45, 2.75) is 50.7 Å². The molecule has 1 fully saturated rings. The number of halogens is 1. The summed E-state index contributed by atoms with van der Waals surface area (Å²) in [6.45, 7) is 2.39. The molecule has 0 bridgehead atoms. The van der Waals surface area contributed by atoms with E-state index in [1.807, 2.05) is 0 Å². The maximum absolute atomic E-state index is 5.64. The van der Waals surface area contributed by atoms with Crippen LogP contribution in [0.3, 0.4) is 0 Å². The predicted octanol–water partition coefficient (Wildman–Crippen LogP) is 4.32. The van der Waals surface area contributed by atoms with Gasteiger partial charge < -0.3 is 0 Å². The molecule has 13 heavy (non-hydrogen) atoms. The fourth-order valence-electron chi connectivity index (χ4n) is 1.98. The predicted molar refractivity (Wildman–Crippen MR) is 63.8 cm³/mol. The van der Waals surface area contributed by atoms with Gasteiger partial charge in [-0.3, -0.25) is 0 Å². The van der Waals surface area contributed by atoms with Gasteiger partial charge in [-0.25, -0.2) is 0 Å². The minimum absolute atomic E-state index is 0.835. The summed E-state index contributed by atoms with van der Waals surface area (Å²) in [5.41, 5.74) is 0. The van der Waals surface area contributed by atoms with E-state index in [2.05, 4.69) is 18.7 Å². The van der Waals surface area contributed by atoms with Crippen molar-refractivity contribution in [2.75, 3.05) is 11.6 Å². The highest BCUT2D eigenvalue weighted by atomic mass is 35.5. The van der Waals surface area contributed by atoms with Gasteiger partial charge in [-0.2, -0.15) is 11.8 Å². The number of hydrogen-bond acceptors (Lipinski definition) is 1. The zero-order chi connectivity index (χ0) is 9.52. The van der Waals surface area contributed by atoms with Gasteiger partial charge in [0.15, 0.2) is 0 Å². The Labute approximate surface area is 91.8 Å². The second-order valence-corrected chi connectivity index (χ2v) is 5.95. The molecule has 1 rings (SSSR count). The van der Waals surface area contributed by atoms with Crippen molar-refractivity contribution in [3.8, 4) is 0 Å². The molecule has 2 unspecified atom stereocenters. The fourth-order valence-corrected chi connectivity index (χ4v) is 3.67. The van der Waals surface area contributed by atoms with E-state index < -0.39 is 0 Å². The summed E-state index contributed by atoms with van der Waals surface area (Å²) < 4.78 is 0. The Morgan fingerprint density at radius 1 is 1.31 bits per heavy atom. The fraction of sp³-hybridized carbons (Fsp3) is 1.00. The lowest BCUT2D eigenvalue weighted by molar-refractivity contribution is 0.394. The van der Waals surface area contributed by atoms with Crippen molar-refractivity contribution in [1.82, 2.24) is 0 Å². The average Bonchev–Trinajstić information content (AvgIpc) is 2.13. The lowest BCUT2D eigenvalue weighted by Gasteiger charge is -2.26. The van der Waals surface area contributed by atoms with Crippen molar-refractivity contribution in [2.24, 2.45) is 5.92 Å². The standard InChI is InChI=1S/C11H21ClS/c1-10-5-4-6-11(9-10)13-8-3-2-7-12/h10-11H,2-9H2,1H3. The summed E-state index contributed by atoms with van der Waals surface area (Å²) in [5, 5.41) is 0.957. The minimum Gasteiger partial charge on any atom is -0.159 e. The summed E-state index contributed by atoms with van der Waals surface area (Å²) in [6, 6.07) is 0. The molecule has 0 aromatic carbocycles. The normalized spacial score (nSPS) is 29.1. The molecule has 0 radical (unpaired) electrons. The molecule has 0 amide bonds. The SMILES string of the molecule is CC1CCCC(SCCCCCl)C1. The van der Waals surface area contributed by atoms with Crippen LogP contribution in [0.5, 0.6) is 0 Å². The third-order valence-electron chi connectivity index (χ3n) is 2.77. The number of thioether (sulfide) groups is 1. The Hall–Kier alpha value is 0.640. The lowest BCUT2D eigenvalue weighted by atomic mass is 9.91. The molecule has 0 heterocycles. The quantitative estimate of drug-likeness (QED) is 0.491. The molecule has 0 nitrogen and oxygen atoms in total. The van der Waals surface area contributed by atoms with E-state index in [4.69, 9.17) is 11.6 Å². The topological polar surface area (TPSA) is 0 Å². The third-order valence-corrected chi connectivity index (χ3v) is 4.46. The first-order valence-corrected chi connectivity index (χ1v) is 7.09. The van der Waals surface area contributed by atoms with Gasteiger partial charge in [0.2, 0.25) is 0 Å². The number of unbranched alkanes of at least 4 members (excludes halogenated alkanes) is 1. The van der Waals surface area contributed by atoms with Crippen molar-refractivity contribution >= 4 is 23.4 Å². The van der Waals surface area contributed by atoms with Gasteiger partial charge in [0.25, 0.3) is 0 Å². The lowest BCUT2D eigenvalue weighted by Crippen LogP contribution is -2.15. The van der Waals surface area contributed by atoms with Gasteiger partial charge >= 0.3 is 0 Å². The Bertz CT molecular complexity index is 127. The highest BCUT2D eigenvalue weighted by Gasteiger charge is 2.18. The molecule has 1 aliphatic rings. The van der Waals surface area contributed by atoms with Gasteiger partial charge in [0.1, 0.15) is 0 Å². The van der Waals surface area contributed by atoms with Gasteiger partial charge in [-0.1, -0.05) is 19.8 Å². The Morgan fingerprint density at radius 3 is 2.85 bits per heavy atom. The molecule has 0 aromatic heterocycles. The summed E-state index contributed by atoms with van der Waals surface area (Å²) in [5.74, 6) is 3.13. The molecule has 1 saturated carbocycles. The summed E-state index contributed by atoms with van der Waals surface area (Å²) >= 11 is 7.82. The minimum atomic E-state index is 0.835. The van der Waals surface area contributed by atoms with Crippen LogP contribution in [0.15, 0.2) is 0 Å². The maximum Gasteiger partial charge on any atom is 0.0223 e. The first-order valence-electron chi connectivity index (χ1n) is 5.50. The second kappa shape index (κ2) is 7.00. The van der Waals surface area contributed by atoms with Crippen molar-refractivity contribution in [1.29, 1.82) is 0 Å². The smallest absolute Gasteiger partial charge is 0.0223 e. The molecule has 2 atom stereocenters. The zero-order valence-electron chi connectivity index (χ0n) is 8.60. The molecule has 78 valence electrons. The van der Waals surface area contributed by atoms with Gasteiger partial charge in [-0.15, -0.1) is 11.6 Å². The first kappa shape index (κ1) is 11.7. The molecule has 0 aromatic rings. The van der Waals surface area contributed by atoms with Crippen molar-refractivity contribution in [3.05, 3.63) is 0 Å². The van der Waals surface area contributed by atoms with Gasteiger partial charge in [-0.05, 0) is 37.4 Å². The number of alkyl halides is 1. The molecule has 0 spiro atoms. The van der Waals surface area contributed by atoms with Crippen LogP contribution in [0.4, 0.5) is 0 Å². The van der Waals surface area contributed by atoms with Crippen molar-refractivity contribution in [3.63, 3.8) is 0 Å². The highest BCUT2D eigenvalue weighted by Crippen LogP contribution is 2.32. The Kier molecular flexibility index (Phi) is 6.31. The summed E-state index contributed by atoms with van der Waals surface area (Å²) in [6.07, 6.45) is 8.31. The third kappa shape index (κ3) is 5.17. The van der Waals surface area contributed by atoms with Crippen LogP contribution < -0.4 is 0 Å². The number of hydrogen-bond donors (Lipinski definition) is 0. The molecular formula is C11H21ClS. The van der Waals surface area contributed by atoms with Gasteiger partial charge in [0, 0.05) is 11.1 Å². The van der Waals surface area contributed by atoms with E-state index in [-0.39, 0.29) is 0 Å². The van der Waals surface area contributed by atoms with Gasteiger partial charge in [0.05, 0.1) is 0 Å². The molecule has 0 aliphatic heterocycles. The maximum atomic E-state index is 5.64. The molecule has 2 heteroatoms. The van der Waals surface area contributed by atoms with Crippen LogP contribution in [-0.2, 0) is 0 Å².